The lowest BCUT2D eigenvalue weighted by Gasteiger charge is -2.40. The minimum Gasteiger partial charge on any atom is -0.501 e. The summed E-state index contributed by atoms with van der Waals surface area (Å²) in [7, 11) is 7.95. The molecule has 0 spiro atoms. The van der Waals surface area contributed by atoms with Crippen LogP contribution in [0.15, 0.2) is 47.7 Å². The highest BCUT2D eigenvalue weighted by Gasteiger charge is 2.43. The number of carbonyl (C=O) groups is 4. The first-order valence-corrected chi connectivity index (χ1v) is 18.0. The second-order valence-electron chi connectivity index (χ2n) is 13.4. The number of allylic oxidation sites excluding steroid dienone is 1. The molecule has 1 aliphatic rings. The van der Waals surface area contributed by atoms with Crippen molar-refractivity contribution in [2.24, 2.45) is 11.8 Å². The highest BCUT2D eigenvalue weighted by molar-refractivity contribution is 7.09. The van der Waals surface area contributed by atoms with Gasteiger partial charge in [-0.05, 0) is 55.7 Å². The maximum atomic E-state index is 14.6. The summed E-state index contributed by atoms with van der Waals surface area (Å²) in [5, 5.41) is 2.83. The molecule has 1 aromatic carbocycles. The molecule has 2 aromatic rings. The van der Waals surface area contributed by atoms with Gasteiger partial charge in [-0.1, -0.05) is 46.2 Å². The van der Waals surface area contributed by atoms with Gasteiger partial charge < -0.3 is 29.1 Å². The molecule has 1 aliphatic heterocycles. The number of methoxy groups -OCH3 is 2. The maximum Gasteiger partial charge on any atom is 0.250 e. The monoisotopic (exact) mass is 697 g/mol. The van der Waals surface area contributed by atoms with Crippen LogP contribution in [-0.2, 0) is 30.3 Å². The zero-order valence-electron chi connectivity index (χ0n) is 30.8. The second-order valence-corrected chi connectivity index (χ2v) is 14.3. The molecular weight excluding hydrogens is 643 g/mol. The van der Waals surface area contributed by atoms with Crippen molar-refractivity contribution >= 4 is 35.0 Å². The van der Waals surface area contributed by atoms with Crippen LogP contribution in [0.4, 0.5) is 0 Å². The molecule has 1 saturated heterocycles. The van der Waals surface area contributed by atoms with E-state index < -0.39 is 24.0 Å². The first-order chi connectivity index (χ1) is 23.2. The van der Waals surface area contributed by atoms with Crippen molar-refractivity contribution in [3.63, 3.8) is 0 Å². The molecule has 0 N–H and O–H groups in total. The molecule has 11 nitrogen and oxygen atoms in total. The van der Waals surface area contributed by atoms with Crippen LogP contribution in [0.5, 0.6) is 5.75 Å². The predicted octanol–water partition coefficient (Wildman–Crippen LogP) is 5.18. The lowest BCUT2D eigenvalue weighted by Crippen LogP contribution is -2.59. The molecule has 270 valence electrons. The summed E-state index contributed by atoms with van der Waals surface area (Å²) < 4.78 is 10.5. The minimum absolute atomic E-state index is 0.0647. The number of likely N-dealkylation sites (tertiary alicyclic amines) is 1. The van der Waals surface area contributed by atoms with Crippen molar-refractivity contribution in [1.29, 1.82) is 0 Å². The van der Waals surface area contributed by atoms with E-state index in [0.717, 1.165) is 23.4 Å². The average Bonchev–Trinajstić information content (AvgIpc) is 3.81. The summed E-state index contributed by atoms with van der Waals surface area (Å²) in [6.45, 7) is 10.3. The van der Waals surface area contributed by atoms with Gasteiger partial charge in [0.2, 0.25) is 23.6 Å². The summed E-state index contributed by atoms with van der Waals surface area (Å²) in [6.07, 6.45) is 6.10. The quantitative estimate of drug-likeness (QED) is 0.176. The Balaban J connectivity index is 1.97. The van der Waals surface area contributed by atoms with Crippen LogP contribution < -0.4 is 4.74 Å². The van der Waals surface area contributed by atoms with E-state index in [0.29, 0.717) is 30.9 Å². The number of aromatic nitrogens is 1. The molecule has 12 heteroatoms. The Hall–Kier alpha value is -3.93. The van der Waals surface area contributed by atoms with E-state index in [1.54, 1.807) is 46.3 Å². The summed E-state index contributed by atoms with van der Waals surface area (Å²) in [4.78, 5) is 67.6. The van der Waals surface area contributed by atoms with E-state index in [2.05, 4.69) is 4.98 Å². The fourth-order valence-electron chi connectivity index (χ4n) is 6.37. The van der Waals surface area contributed by atoms with Gasteiger partial charge in [-0.15, -0.1) is 11.3 Å². The van der Waals surface area contributed by atoms with Crippen LogP contribution in [0.3, 0.4) is 0 Å². The lowest BCUT2D eigenvalue weighted by molar-refractivity contribution is -0.154. The van der Waals surface area contributed by atoms with Gasteiger partial charge in [-0.25, -0.2) is 4.98 Å². The Bertz CT molecular complexity index is 1430. The molecule has 5 atom stereocenters. The van der Waals surface area contributed by atoms with Crippen molar-refractivity contribution in [3.8, 4) is 5.75 Å². The van der Waals surface area contributed by atoms with E-state index in [4.69, 9.17) is 9.47 Å². The number of rotatable bonds is 16. The number of ether oxygens (including phenoxy) is 2. The third-order valence-corrected chi connectivity index (χ3v) is 10.5. The molecule has 49 heavy (non-hydrogen) atoms. The van der Waals surface area contributed by atoms with Crippen LogP contribution in [0.25, 0.3) is 0 Å². The van der Waals surface area contributed by atoms with Crippen molar-refractivity contribution in [2.75, 3.05) is 41.9 Å². The van der Waals surface area contributed by atoms with Crippen LogP contribution >= 0.6 is 11.3 Å². The van der Waals surface area contributed by atoms with Gasteiger partial charge in [0.15, 0.2) is 0 Å². The number of nitrogens with zero attached hydrogens (tertiary/aromatic N) is 5. The van der Waals surface area contributed by atoms with Gasteiger partial charge in [0.05, 0.1) is 26.0 Å². The molecule has 5 unspecified atom stereocenters. The molecule has 3 rings (SSSR count). The van der Waals surface area contributed by atoms with Crippen molar-refractivity contribution in [1.82, 2.24) is 24.6 Å². The highest BCUT2D eigenvalue weighted by Crippen LogP contribution is 2.35. The Morgan fingerprint density at radius 1 is 1.00 bits per heavy atom. The van der Waals surface area contributed by atoms with Crippen LogP contribution in [0.2, 0.25) is 0 Å². The Labute approximate surface area is 296 Å². The highest BCUT2D eigenvalue weighted by atomic mass is 32.1. The van der Waals surface area contributed by atoms with Gasteiger partial charge in [-0.2, -0.15) is 0 Å². The Kier molecular flexibility index (Phi) is 14.7. The molecule has 4 amide bonds. The van der Waals surface area contributed by atoms with E-state index in [-0.39, 0.29) is 42.0 Å². The van der Waals surface area contributed by atoms with E-state index >= 15 is 0 Å². The number of likely N-dealkylation sites (N-methyl/N-ethyl adjacent to an activating group) is 3. The number of hydrogen-bond donors (Lipinski definition) is 0. The lowest BCUT2D eigenvalue weighted by atomic mass is 9.93. The largest absolute Gasteiger partial charge is 0.501 e. The molecule has 0 radical (unpaired) electrons. The summed E-state index contributed by atoms with van der Waals surface area (Å²) >= 11 is 1.54. The Morgan fingerprint density at radius 2 is 1.65 bits per heavy atom. The summed E-state index contributed by atoms with van der Waals surface area (Å²) in [6, 6.07) is 4.74. The first-order valence-electron chi connectivity index (χ1n) is 17.1. The van der Waals surface area contributed by atoms with Crippen molar-refractivity contribution in [3.05, 3.63) is 58.2 Å². The SMILES string of the molecule is CCC(C)C(C(=O)N1CCCC1c1nccs1)N(C)C(=O)C(CC(C)C)N(C)C(=O)C(Cc1ccc(OC)cc1)N(C)C(=O)/C=C(\C)OC. The normalized spacial score (nSPS) is 17.2. The molecule has 2 heterocycles. The molecule has 1 aromatic heterocycles. The van der Waals surface area contributed by atoms with Gasteiger partial charge in [0.1, 0.15) is 28.9 Å². The van der Waals surface area contributed by atoms with Crippen LogP contribution in [0, 0.1) is 11.8 Å². The third kappa shape index (κ3) is 9.83. The second kappa shape index (κ2) is 18.2. The van der Waals surface area contributed by atoms with Gasteiger partial charge in [0.25, 0.3) is 0 Å². The van der Waals surface area contributed by atoms with Crippen LogP contribution in [0.1, 0.15) is 76.9 Å². The smallest absolute Gasteiger partial charge is 0.250 e. The van der Waals surface area contributed by atoms with Gasteiger partial charge in [-0.3, -0.25) is 19.2 Å². The molecule has 0 saturated carbocycles. The molecule has 0 aliphatic carbocycles. The third-order valence-electron chi connectivity index (χ3n) is 9.61. The number of hydrogen-bond acceptors (Lipinski definition) is 8. The number of carbonyl (C=O) groups excluding carboxylic acids is 4. The number of thiazole rings is 1. The fourth-order valence-corrected chi connectivity index (χ4v) is 7.15. The zero-order chi connectivity index (χ0) is 36.4. The van der Waals surface area contributed by atoms with E-state index in [1.807, 2.05) is 62.2 Å². The molecular formula is C37H55N5O6S. The van der Waals surface area contributed by atoms with Crippen molar-refractivity contribution < 1.29 is 28.7 Å². The van der Waals surface area contributed by atoms with Crippen LogP contribution in [-0.4, -0.2) is 108 Å². The Morgan fingerprint density at radius 3 is 2.20 bits per heavy atom. The molecule has 0 bridgehead atoms. The minimum atomic E-state index is -0.921. The fraction of sp³-hybridized carbons (Fsp3) is 0.595. The number of amides is 4. The topological polar surface area (TPSA) is 113 Å². The summed E-state index contributed by atoms with van der Waals surface area (Å²) in [5.74, 6) is -0.148. The van der Waals surface area contributed by atoms with E-state index in [9.17, 15) is 19.2 Å². The zero-order valence-corrected chi connectivity index (χ0v) is 31.7. The maximum absolute atomic E-state index is 14.6. The summed E-state index contributed by atoms with van der Waals surface area (Å²) in [5.41, 5.74) is 0.825. The number of benzene rings is 1. The predicted molar refractivity (Wildman–Crippen MR) is 192 cm³/mol. The average molecular weight is 698 g/mol. The van der Waals surface area contributed by atoms with Gasteiger partial charge in [0, 0.05) is 51.8 Å². The molecule has 1 fully saturated rings. The first kappa shape index (κ1) is 39.5. The standard InChI is InChI=1S/C37H55N5O6S/c1-11-25(4)33(37(46)42-19-12-13-29(42)34-38-18-20-49-34)41(8)36(45)30(21-24(2)3)40(7)35(44)31(39(6)32(43)22-26(5)47-9)23-27-14-16-28(48-10)17-15-27/h14-18,20,22,24-25,29-31,33H,11-13,19,21,23H2,1-10H3/b26-22+. The van der Waals surface area contributed by atoms with Crippen molar-refractivity contribution in [2.45, 2.75) is 90.9 Å². The van der Waals surface area contributed by atoms with Gasteiger partial charge >= 0.3 is 0 Å². The van der Waals surface area contributed by atoms with E-state index in [1.165, 1.54) is 34.3 Å².